The highest BCUT2D eigenvalue weighted by Crippen LogP contribution is 2.11. The van der Waals surface area contributed by atoms with Crippen LogP contribution in [0.25, 0.3) is 0 Å². The maximum atomic E-state index is 12.4. The number of Topliss-reactive ketones (excluding diaryl/α,β-unsaturated/α-hetero) is 1. The molecule has 0 saturated carbocycles. The monoisotopic (exact) mass is 288 g/mol. The highest BCUT2D eigenvalue weighted by molar-refractivity contribution is 5.84. The van der Waals surface area contributed by atoms with Crippen LogP contribution >= 0.6 is 0 Å². The Hall–Kier alpha value is -1.68. The lowest BCUT2D eigenvalue weighted by Gasteiger charge is -2.31. The lowest BCUT2D eigenvalue weighted by molar-refractivity contribution is -0.136. The lowest BCUT2D eigenvalue weighted by Crippen LogP contribution is -2.45. The molecule has 0 bridgehead atoms. The first-order chi connectivity index (χ1) is 10.1. The summed E-state index contributed by atoms with van der Waals surface area (Å²) in [4.78, 5) is 27.6. The van der Waals surface area contributed by atoms with Crippen LogP contribution in [0.5, 0.6) is 0 Å². The Balaban J connectivity index is 1.93. The van der Waals surface area contributed by atoms with Crippen LogP contribution in [0, 0.1) is 0 Å². The van der Waals surface area contributed by atoms with Crippen molar-refractivity contribution in [3.05, 3.63) is 35.9 Å². The van der Waals surface area contributed by atoms with E-state index in [4.69, 9.17) is 0 Å². The number of carbonyl (C=O) groups excluding carboxylic acids is 2. The van der Waals surface area contributed by atoms with E-state index in [0.717, 1.165) is 6.54 Å². The first-order valence-electron chi connectivity index (χ1n) is 7.63. The molecule has 1 aromatic rings. The number of piperidine rings is 1. The number of hydrogen-bond donors (Lipinski definition) is 0. The van der Waals surface area contributed by atoms with Gasteiger partial charge in [-0.15, -0.1) is 0 Å². The molecule has 1 heterocycles. The van der Waals surface area contributed by atoms with Crippen molar-refractivity contribution >= 4 is 11.7 Å². The van der Waals surface area contributed by atoms with Gasteiger partial charge in [-0.1, -0.05) is 30.3 Å². The Bertz CT molecular complexity index is 475. The smallest absolute Gasteiger partial charge is 0.236 e. The minimum Gasteiger partial charge on any atom is -0.341 e. The molecular formula is C17H24N2O2. The van der Waals surface area contributed by atoms with Crippen molar-refractivity contribution in [3.63, 3.8) is 0 Å². The van der Waals surface area contributed by atoms with Crippen molar-refractivity contribution in [1.82, 2.24) is 9.80 Å². The molecule has 0 radical (unpaired) electrons. The maximum absolute atomic E-state index is 12.4. The minimum absolute atomic E-state index is 0.132. The molecule has 4 nitrogen and oxygen atoms in total. The van der Waals surface area contributed by atoms with Crippen LogP contribution in [-0.2, 0) is 16.1 Å². The minimum atomic E-state index is 0.132. The summed E-state index contributed by atoms with van der Waals surface area (Å²) in [5, 5.41) is 0. The van der Waals surface area contributed by atoms with Gasteiger partial charge in [-0.2, -0.15) is 0 Å². The van der Waals surface area contributed by atoms with E-state index in [9.17, 15) is 9.59 Å². The molecule has 21 heavy (non-hydrogen) atoms. The fraction of sp³-hybridized carbons (Fsp3) is 0.529. The molecule has 0 aromatic heterocycles. The van der Waals surface area contributed by atoms with Gasteiger partial charge in [0.1, 0.15) is 5.78 Å². The number of nitrogens with zero attached hydrogens (tertiary/aromatic N) is 2. The van der Waals surface area contributed by atoms with Crippen LogP contribution in [0.4, 0.5) is 0 Å². The summed E-state index contributed by atoms with van der Waals surface area (Å²) in [6.45, 7) is 6.56. The van der Waals surface area contributed by atoms with Crippen molar-refractivity contribution in [2.45, 2.75) is 39.3 Å². The Kier molecular flexibility index (Phi) is 5.51. The van der Waals surface area contributed by atoms with Gasteiger partial charge in [0, 0.05) is 38.5 Å². The molecular weight excluding hydrogens is 264 g/mol. The molecule has 4 heteroatoms. The highest BCUT2D eigenvalue weighted by Gasteiger charge is 2.23. The molecule has 1 saturated heterocycles. The van der Waals surface area contributed by atoms with Gasteiger partial charge in [0.05, 0.1) is 6.54 Å². The van der Waals surface area contributed by atoms with Crippen LogP contribution in [0.2, 0.25) is 0 Å². The van der Waals surface area contributed by atoms with Crippen molar-refractivity contribution in [2.75, 3.05) is 19.6 Å². The number of amides is 1. The second kappa shape index (κ2) is 7.36. The molecule has 0 aliphatic carbocycles. The number of ketones is 1. The largest absolute Gasteiger partial charge is 0.341 e. The Morgan fingerprint density at radius 3 is 2.38 bits per heavy atom. The summed E-state index contributed by atoms with van der Waals surface area (Å²) in [7, 11) is 0. The van der Waals surface area contributed by atoms with E-state index in [1.165, 1.54) is 5.56 Å². The van der Waals surface area contributed by atoms with Gasteiger partial charge < -0.3 is 4.90 Å². The first kappa shape index (κ1) is 15.7. The predicted molar refractivity (Wildman–Crippen MR) is 82.8 cm³/mol. The Labute approximate surface area is 126 Å². The summed E-state index contributed by atoms with van der Waals surface area (Å²) in [5.74, 6) is 0.399. The standard InChI is InChI=1S/C17H24N2O2/c1-14(2)19(12-15-6-4-3-5-7-15)13-17(21)18-10-8-16(20)9-11-18/h3-7,14H,8-13H2,1-2H3. The van der Waals surface area contributed by atoms with E-state index in [0.29, 0.717) is 38.5 Å². The van der Waals surface area contributed by atoms with Crippen molar-refractivity contribution < 1.29 is 9.59 Å². The van der Waals surface area contributed by atoms with Crippen molar-refractivity contribution in [2.24, 2.45) is 0 Å². The van der Waals surface area contributed by atoms with Crippen LogP contribution in [0.3, 0.4) is 0 Å². The number of benzene rings is 1. The van der Waals surface area contributed by atoms with E-state index in [1.54, 1.807) is 0 Å². The molecule has 0 N–H and O–H groups in total. The average molecular weight is 288 g/mol. The summed E-state index contributed by atoms with van der Waals surface area (Å²) in [6.07, 6.45) is 1.01. The van der Waals surface area contributed by atoms with Gasteiger partial charge in [0.15, 0.2) is 0 Å². The van der Waals surface area contributed by atoms with E-state index in [1.807, 2.05) is 23.1 Å². The lowest BCUT2D eigenvalue weighted by atomic mass is 10.1. The maximum Gasteiger partial charge on any atom is 0.236 e. The first-order valence-corrected chi connectivity index (χ1v) is 7.63. The number of hydrogen-bond acceptors (Lipinski definition) is 3. The van der Waals surface area contributed by atoms with E-state index >= 15 is 0 Å². The average Bonchev–Trinajstić information content (AvgIpc) is 2.48. The summed E-state index contributed by atoms with van der Waals surface area (Å²) < 4.78 is 0. The Morgan fingerprint density at radius 2 is 1.81 bits per heavy atom. The van der Waals surface area contributed by atoms with Crippen LogP contribution in [0.1, 0.15) is 32.3 Å². The van der Waals surface area contributed by atoms with Gasteiger partial charge in [-0.25, -0.2) is 0 Å². The predicted octanol–water partition coefficient (Wildman–Crippen LogP) is 2.09. The Morgan fingerprint density at radius 1 is 1.19 bits per heavy atom. The SMILES string of the molecule is CC(C)N(CC(=O)N1CCC(=O)CC1)Cc1ccccc1. The highest BCUT2D eigenvalue weighted by atomic mass is 16.2. The van der Waals surface area contributed by atoms with E-state index < -0.39 is 0 Å². The molecule has 0 unspecified atom stereocenters. The van der Waals surface area contributed by atoms with Gasteiger partial charge in [-0.3, -0.25) is 14.5 Å². The zero-order valence-corrected chi connectivity index (χ0v) is 12.9. The van der Waals surface area contributed by atoms with Gasteiger partial charge in [-0.05, 0) is 19.4 Å². The third-order valence-electron chi connectivity index (χ3n) is 3.97. The quantitative estimate of drug-likeness (QED) is 0.833. The molecule has 1 fully saturated rings. The van der Waals surface area contributed by atoms with Crippen molar-refractivity contribution in [3.8, 4) is 0 Å². The number of likely N-dealkylation sites (tertiary alicyclic amines) is 1. The van der Waals surface area contributed by atoms with E-state index in [2.05, 4.69) is 30.9 Å². The van der Waals surface area contributed by atoms with Gasteiger partial charge in [0.2, 0.25) is 5.91 Å². The molecule has 0 spiro atoms. The fourth-order valence-electron chi connectivity index (χ4n) is 2.52. The molecule has 114 valence electrons. The van der Waals surface area contributed by atoms with Gasteiger partial charge >= 0.3 is 0 Å². The van der Waals surface area contributed by atoms with Crippen LogP contribution in [0.15, 0.2) is 30.3 Å². The topological polar surface area (TPSA) is 40.6 Å². The summed E-state index contributed by atoms with van der Waals surface area (Å²) in [6, 6.07) is 10.5. The number of rotatable bonds is 5. The molecule has 1 aliphatic rings. The molecule has 0 atom stereocenters. The normalized spacial score (nSPS) is 15.8. The van der Waals surface area contributed by atoms with Crippen LogP contribution in [-0.4, -0.2) is 47.2 Å². The molecule has 1 aliphatic heterocycles. The van der Waals surface area contributed by atoms with Crippen LogP contribution < -0.4 is 0 Å². The summed E-state index contributed by atoms with van der Waals surface area (Å²) >= 11 is 0. The molecule has 2 rings (SSSR count). The second-order valence-corrected chi connectivity index (χ2v) is 5.90. The zero-order valence-electron chi connectivity index (χ0n) is 12.9. The molecule has 1 aromatic carbocycles. The second-order valence-electron chi connectivity index (χ2n) is 5.90. The number of carbonyl (C=O) groups is 2. The third-order valence-corrected chi connectivity index (χ3v) is 3.97. The summed E-state index contributed by atoms with van der Waals surface area (Å²) in [5.41, 5.74) is 1.22. The fourth-order valence-corrected chi connectivity index (χ4v) is 2.52. The van der Waals surface area contributed by atoms with Crippen molar-refractivity contribution in [1.29, 1.82) is 0 Å². The zero-order chi connectivity index (χ0) is 15.2. The third kappa shape index (κ3) is 4.67. The van der Waals surface area contributed by atoms with Gasteiger partial charge in [0.25, 0.3) is 0 Å². The molecule has 1 amide bonds. The van der Waals surface area contributed by atoms with E-state index in [-0.39, 0.29) is 11.7 Å².